The van der Waals surface area contributed by atoms with E-state index in [2.05, 4.69) is 11.9 Å². The van der Waals surface area contributed by atoms with Gasteiger partial charge in [0.25, 0.3) is 0 Å². The molecule has 4 nitrogen and oxygen atoms in total. The quantitative estimate of drug-likeness (QED) is 0.715. The van der Waals surface area contributed by atoms with Gasteiger partial charge in [-0.2, -0.15) is 0 Å². The van der Waals surface area contributed by atoms with Crippen molar-refractivity contribution in [2.45, 2.75) is 19.8 Å². The second kappa shape index (κ2) is 5.27. The summed E-state index contributed by atoms with van der Waals surface area (Å²) in [6, 6.07) is 0. The summed E-state index contributed by atoms with van der Waals surface area (Å²) >= 11 is 0. The van der Waals surface area contributed by atoms with Crippen LogP contribution in [0.5, 0.6) is 0 Å². The van der Waals surface area contributed by atoms with Crippen LogP contribution in [0.2, 0.25) is 0 Å². The Morgan fingerprint density at radius 1 is 1.33 bits per heavy atom. The first-order valence-electron chi connectivity index (χ1n) is 5.58. The van der Waals surface area contributed by atoms with Gasteiger partial charge in [0.1, 0.15) is 0 Å². The Hall–Kier alpha value is -0.130. The smallest absolute Gasteiger partial charge is 0.213 e. The first-order chi connectivity index (χ1) is 6.95. The van der Waals surface area contributed by atoms with Crippen molar-refractivity contribution < 1.29 is 8.42 Å². The lowest BCUT2D eigenvalue weighted by molar-refractivity contribution is 0.202. The lowest BCUT2D eigenvalue weighted by atomic mass is 9.97. The Kier molecular flexibility index (Phi) is 4.55. The summed E-state index contributed by atoms with van der Waals surface area (Å²) in [4.78, 5) is 2.30. The van der Waals surface area contributed by atoms with Crippen molar-refractivity contribution in [2.75, 3.05) is 39.5 Å². The lowest BCUT2D eigenvalue weighted by Gasteiger charge is -2.31. The minimum atomic E-state index is -2.99. The molecule has 0 unspecified atom stereocenters. The van der Waals surface area contributed by atoms with E-state index < -0.39 is 10.0 Å². The van der Waals surface area contributed by atoms with E-state index in [0.29, 0.717) is 12.5 Å². The Morgan fingerprint density at radius 2 is 1.87 bits per heavy atom. The molecule has 0 bridgehead atoms. The van der Waals surface area contributed by atoms with E-state index in [1.165, 1.54) is 4.31 Å². The van der Waals surface area contributed by atoms with Gasteiger partial charge in [0, 0.05) is 13.6 Å². The molecule has 0 aliphatic carbocycles. The molecular formula is C10H22N2O2S. The van der Waals surface area contributed by atoms with Crippen LogP contribution in [0.25, 0.3) is 0 Å². The number of nitrogens with zero attached hydrogens (tertiary/aromatic N) is 2. The average Bonchev–Trinajstić information content (AvgIpc) is 2.21. The third-order valence-electron chi connectivity index (χ3n) is 3.19. The maximum absolute atomic E-state index is 11.6. The topological polar surface area (TPSA) is 40.6 Å². The number of rotatable bonds is 4. The van der Waals surface area contributed by atoms with Gasteiger partial charge in [0.15, 0.2) is 0 Å². The SMILES string of the molecule is CCS(=O)(=O)N(C)CC1CCN(C)CC1. The highest BCUT2D eigenvalue weighted by molar-refractivity contribution is 7.89. The van der Waals surface area contributed by atoms with Crippen LogP contribution in [0.1, 0.15) is 19.8 Å². The van der Waals surface area contributed by atoms with Gasteiger partial charge >= 0.3 is 0 Å². The van der Waals surface area contributed by atoms with Crippen LogP contribution in [0, 0.1) is 5.92 Å². The van der Waals surface area contributed by atoms with Gasteiger partial charge in [0.05, 0.1) is 5.75 Å². The molecule has 0 atom stereocenters. The second-order valence-electron chi connectivity index (χ2n) is 4.43. The van der Waals surface area contributed by atoms with Crippen LogP contribution in [0.3, 0.4) is 0 Å². The zero-order chi connectivity index (χ0) is 11.5. The van der Waals surface area contributed by atoms with Crippen molar-refractivity contribution in [2.24, 2.45) is 5.92 Å². The molecule has 0 aromatic carbocycles. The molecule has 1 fully saturated rings. The summed E-state index contributed by atoms with van der Waals surface area (Å²) in [7, 11) is 0.814. The van der Waals surface area contributed by atoms with Crippen molar-refractivity contribution in [3.8, 4) is 0 Å². The molecule has 1 saturated heterocycles. The van der Waals surface area contributed by atoms with Crippen LogP contribution < -0.4 is 0 Å². The fraction of sp³-hybridized carbons (Fsp3) is 1.00. The number of likely N-dealkylation sites (tertiary alicyclic amines) is 1. The van der Waals surface area contributed by atoms with Crippen LogP contribution in [-0.2, 0) is 10.0 Å². The number of hydrogen-bond donors (Lipinski definition) is 0. The Bertz CT molecular complexity index is 282. The van der Waals surface area contributed by atoms with E-state index in [1.54, 1.807) is 14.0 Å². The summed E-state index contributed by atoms with van der Waals surface area (Å²) in [6.45, 7) is 4.56. The second-order valence-corrected chi connectivity index (χ2v) is 6.79. The van der Waals surface area contributed by atoms with Crippen LogP contribution in [0.15, 0.2) is 0 Å². The lowest BCUT2D eigenvalue weighted by Crippen LogP contribution is -2.38. The highest BCUT2D eigenvalue weighted by atomic mass is 32.2. The molecule has 1 aliphatic heterocycles. The maximum Gasteiger partial charge on any atom is 0.213 e. The predicted molar refractivity (Wildman–Crippen MR) is 62.3 cm³/mol. The molecular weight excluding hydrogens is 212 g/mol. The molecule has 0 aromatic rings. The van der Waals surface area contributed by atoms with E-state index in [9.17, 15) is 8.42 Å². The summed E-state index contributed by atoms with van der Waals surface area (Å²) < 4.78 is 24.6. The normalized spacial score (nSPS) is 21.1. The van der Waals surface area contributed by atoms with Crippen molar-refractivity contribution in [1.82, 2.24) is 9.21 Å². The van der Waals surface area contributed by atoms with Gasteiger partial charge < -0.3 is 4.90 Å². The van der Waals surface area contributed by atoms with Crippen molar-refractivity contribution in [3.05, 3.63) is 0 Å². The summed E-state index contributed by atoms with van der Waals surface area (Å²) in [5.74, 6) is 0.739. The number of hydrogen-bond acceptors (Lipinski definition) is 3. The summed E-state index contributed by atoms with van der Waals surface area (Å²) in [5, 5.41) is 0. The van der Waals surface area contributed by atoms with E-state index in [1.807, 2.05) is 0 Å². The number of sulfonamides is 1. The predicted octanol–water partition coefficient (Wildman–Crippen LogP) is 0.610. The van der Waals surface area contributed by atoms with Crippen LogP contribution in [-0.4, -0.2) is 57.1 Å². The zero-order valence-electron chi connectivity index (χ0n) is 9.94. The fourth-order valence-electron chi connectivity index (χ4n) is 1.94. The van der Waals surface area contributed by atoms with Gasteiger partial charge in [-0.05, 0) is 45.8 Å². The monoisotopic (exact) mass is 234 g/mol. The Morgan fingerprint density at radius 3 is 2.33 bits per heavy atom. The molecule has 0 amide bonds. The Balaban J connectivity index is 2.42. The maximum atomic E-state index is 11.6. The Labute approximate surface area is 93.3 Å². The molecule has 1 rings (SSSR count). The molecule has 90 valence electrons. The molecule has 1 aliphatic rings. The highest BCUT2D eigenvalue weighted by Gasteiger charge is 2.22. The standard InChI is InChI=1S/C10H22N2O2S/c1-4-15(13,14)12(3)9-10-5-7-11(2)8-6-10/h10H,4-9H2,1-3H3. The van der Waals surface area contributed by atoms with E-state index in [-0.39, 0.29) is 5.75 Å². The molecule has 0 N–H and O–H groups in total. The van der Waals surface area contributed by atoms with E-state index in [4.69, 9.17) is 0 Å². The molecule has 15 heavy (non-hydrogen) atoms. The van der Waals surface area contributed by atoms with Crippen LogP contribution >= 0.6 is 0 Å². The van der Waals surface area contributed by atoms with Gasteiger partial charge in [0.2, 0.25) is 10.0 Å². The minimum Gasteiger partial charge on any atom is -0.306 e. The third kappa shape index (κ3) is 3.74. The zero-order valence-corrected chi connectivity index (χ0v) is 10.8. The first-order valence-corrected chi connectivity index (χ1v) is 7.19. The van der Waals surface area contributed by atoms with Gasteiger partial charge in [-0.1, -0.05) is 0 Å². The minimum absolute atomic E-state index is 0.204. The van der Waals surface area contributed by atoms with Crippen molar-refractivity contribution >= 4 is 10.0 Å². The van der Waals surface area contributed by atoms with Gasteiger partial charge in [-0.15, -0.1) is 0 Å². The van der Waals surface area contributed by atoms with Gasteiger partial charge in [-0.3, -0.25) is 0 Å². The largest absolute Gasteiger partial charge is 0.306 e. The molecule has 0 saturated carbocycles. The van der Waals surface area contributed by atoms with Crippen molar-refractivity contribution in [3.63, 3.8) is 0 Å². The average molecular weight is 234 g/mol. The molecule has 1 heterocycles. The molecule has 5 heteroatoms. The van der Waals surface area contributed by atoms with Crippen molar-refractivity contribution in [1.29, 1.82) is 0 Å². The molecule has 0 aromatic heterocycles. The third-order valence-corrected chi connectivity index (χ3v) is 5.02. The molecule has 0 radical (unpaired) electrons. The summed E-state index contributed by atoms with van der Waals surface area (Å²) in [6.07, 6.45) is 2.22. The van der Waals surface area contributed by atoms with E-state index in [0.717, 1.165) is 25.9 Å². The first kappa shape index (κ1) is 12.9. The molecule has 0 spiro atoms. The van der Waals surface area contributed by atoms with E-state index >= 15 is 0 Å². The summed E-state index contributed by atoms with van der Waals surface area (Å²) in [5.41, 5.74) is 0. The number of piperidine rings is 1. The van der Waals surface area contributed by atoms with Crippen LogP contribution in [0.4, 0.5) is 0 Å². The highest BCUT2D eigenvalue weighted by Crippen LogP contribution is 2.17. The van der Waals surface area contributed by atoms with Gasteiger partial charge in [-0.25, -0.2) is 12.7 Å². The fourth-order valence-corrected chi connectivity index (χ4v) is 2.82.